The monoisotopic (exact) mass is 152 g/mol. The van der Waals surface area contributed by atoms with Crippen LogP contribution in [-0.2, 0) is 0 Å². The fourth-order valence-electron chi connectivity index (χ4n) is 1.54. The minimum Gasteiger partial charge on any atom is -0.393 e. The van der Waals surface area contributed by atoms with Gasteiger partial charge >= 0.3 is 0 Å². The van der Waals surface area contributed by atoms with Crippen LogP contribution in [-0.4, -0.2) is 11.2 Å². The Kier molecular flexibility index (Phi) is 3.37. The van der Waals surface area contributed by atoms with Crippen molar-refractivity contribution in [2.45, 2.75) is 31.8 Å². The molecule has 1 unspecified atom stereocenters. The lowest BCUT2D eigenvalue weighted by atomic mass is 9.98. The summed E-state index contributed by atoms with van der Waals surface area (Å²) in [7, 11) is 0. The van der Waals surface area contributed by atoms with Crippen molar-refractivity contribution < 1.29 is 5.11 Å². The summed E-state index contributed by atoms with van der Waals surface area (Å²) in [6, 6.07) is 0. The Bertz CT molecular complexity index is 141. The van der Waals surface area contributed by atoms with Crippen molar-refractivity contribution in [2.75, 3.05) is 0 Å². The number of hydrogen-bond acceptors (Lipinski definition) is 1. The van der Waals surface area contributed by atoms with Gasteiger partial charge in [-0.2, -0.15) is 0 Å². The van der Waals surface area contributed by atoms with Crippen molar-refractivity contribution in [3.8, 4) is 0 Å². The van der Waals surface area contributed by atoms with Gasteiger partial charge in [0.1, 0.15) is 0 Å². The summed E-state index contributed by atoms with van der Waals surface area (Å²) >= 11 is 0. The van der Waals surface area contributed by atoms with Crippen LogP contribution in [0, 0.1) is 5.92 Å². The Morgan fingerprint density at radius 3 is 2.73 bits per heavy atom. The minimum absolute atomic E-state index is 0.169. The van der Waals surface area contributed by atoms with E-state index in [1.54, 1.807) is 6.08 Å². The molecule has 0 aliphatic heterocycles. The van der Waals surface area contributed by atoms with Crippen molar-refractivity contribution >= 4 is 0 Å². The zero-order valence-electron chi connectivity index (χ0n) is 6.87. The van der Waals surface area contributed by atoms with Crippen molar-refractivity contribution in [3.63, 3.8) is 0 Å². The standard InChI is InChI=1S/C10H16O/c1-2-5-10(11)8-9-6-3-4-7-9/h2-4,9-11H,1,5-8H2. The molecule has 0 aromatic carbocycles. The Hall–Kier alpha value is -0.560. The van der Waals surface area contributed by atoms with Crippen LogP contribution in [0.2, 0.25) is 0 Å². The third-order valence-corrected chi connectivity index (χ3v) is 2.15. The van der Waals surface area contributed by atoms with Gasteiger partial charge in [-0.15, -0.1) is 6.58 Å². The molecule has 0 radical (unpaired) electrons. The average Bonchev–Trinajstić information content (AvgIpc) is 2.40. The van der Waals surface area contributed by atoms with Crippen molar-refractivity contribution in [1.29, 1.82) is 0 Å². The maximum Gasteiger partial charge on any atom is 0.0577 e. The molecule has 0 spiro atoms. The summed E-state index contributed by atoms with van der Waals surface area (Å²) < 4.78 is 0. The molecule has 1 aliphatic rings. The molecule has 1 aliphatic carbocycles. The van der Waals surface area contributed by atoms with Gasteiger partial charge < -0.3 is 5.11 Å². The predicted octanol–water partition coefficient (Wildman–Crippen LogP) is 2.28. The molecular formula is C10H16O. The molecule has 0 heterocycles. The van der Waals surface area contributed by atoms with Crippen molar-refractivity contribution in [1.82, 2.24) is 0 Å². The van der Waals surface area contributed by atoms with E-state index < -0.39 is 0 Å². The largest absolute Gasteiger partial charge is 0.393 e. The summed E-state index contributed by atoms with van der Waals surface area (Å²) in [5, 5.41) is 9.41. The molecule has 0 amide bonds. The highest BCUT2D eigenvalue weighted by molar-refractivity contribution is 4.94. The number of rotatable bonds is 4. The fraction of sp³-hybridized carbons (Fsp3) is 0.600. The van der Waals surface area contributed by atoms with Crippen molar-refractivity contribution in [3.05, 3.63) is 24.8 Å². The highest BCUT2D eigenvalue weighted by Crippen LogP contribution is 2.23. The molecule has 1 heteroatoms. The minimum atomic E-state index is -0.169. The van der Waals surface area contributed by atoms with Crippen LogP contribution in [0.1, 0.15) is 25.7 Å². The van der Waals surface area contributed by atoms with Gasteiger partial charge in [-0.1, -0.05) is 18.2 Å². The zero-order chi connectivity index (χ0) is 8.10. The van der Waals surface area contributed by atoms with E-state index >= 15 is 0 Å². The van der Waals surface area contributed by atoms with Crippen LogP contribution in [0.25, 0.3) is 0 Å². The Labute approximate surface area is 68.4 Å². The van der Waals surface area contributed by atoms with Gasteiger partial charge in [0.2, 0.25) is 0 Å². The first kappa shape index (κ1) is 8.54. The molecule has 62 valence electrons. The van der Waals surface area contributed by atoms with E-state index in [0.717, 1.165) is 25.7 Å². The van der Waals surface area contributed by atoms with Crippen molar-refractivity contribution in [2.24, 2.45) is 5.92 Å². The summed E-state index contributed by atoms with van der Waals surface area (Å²) in [4.78, 5) is 0. The summed E-state index contributed by atoms with van der Waals surface area (Å²) in [6.07, 6.45) is 9.97. The number of aliphatic hydroxyl groups excluding tert-OH is 1. The van der Waals surface area contributed by atoms with Gasteiger partial charge in [-0.05, 0) is 31.6 Å². The summed E-state index contributed by atoms with van der Waals surface area (Å²) in [5.41, 5.74) is 0. The molecule has 1 atom stereocenters. The zero-order valence-corrected chi connectivity index (χ0v) is 6.87. The van der Waals surface area contributed by atoms with Gasteiger partial charge in [-0.3, -0.25) is 0 Å². The Morgan fingerprint density at radius 2 is 2.18 bits per heavy atom. The lowest BCUT2D eigenvalue weighted by Gasteiger charge is -2.12. The van der Waals surface area contributed by atoms with E-state index in [0.29, 0.717) is 5.92 Å². The molecule has 1 rings (SSSR count). The van der Waals surface area contributed by atoms with E-state index in [-0.39, 0.29) is 6.10 Å². The van der Waals surface area contributed by atoms with Crippen LogP contribution in [0.3, 0.4) is 0 Å². The Balaban J connectivity index is 2.14. The molecule has 0 aromatic rings. The number of allylic oxidation sites excluding steroid dienone is 2. The second-order valence-electron chi connectivity index (χ2n) is 3.22. The fourth-order valence-corrected chi connectivity index (χ4v) is 1.54. The van der Waals surface area contributed by atoms with E-state index in [1.165, 1.54) is 0 Å². The van der Waals surface area contributed by atoms with Crippen LogP contribution in [0.15, 0.2) is 24.8 Å². The van der Waals surface area contributed by atoms with Crippen LogP contribution < -0.4 is 0 Å². The maximum atomic E-state index is 9.41. The molecule has 1 N–H and O–H groups in total. The van der Waals surface area contributed by atoms with E-state index in [1.807, 2.05) is 0 Å². The Morgan fingerprint density at radius 1 is 1.55 bits per heavy atom. The van der Waals surface area contributed by atoms with E-state index in [9.17, 15) is 5.11 Å². The third-order valence-electron chi connectivity index (χ3n) is 2.15. The highest BCUT2D eigenvalue weighted by Gasteiger charge is 2.13. The second kappa shape index (κ2) is 4.35. The molecular weight excluding hydrogens is 136 g/mol. The summed E-state index contributed by atoms with van der Waals surface area (Å²) in [6.45, 7) is 3.60. The van der Waals surface area contributed by atoms with E-state index in [4.69, 9.17) is 0 Å². The first-order chi connectivity index (χ1) is 5.33. The highest BCUT2D eigenvalue weighted by atomic mass is 16.3. The van der Waals surface area contributed by atoms with Crippen LogP contribution in [0.4, 0.5) is 0 Å². The maximum absolute atomic E-state index is 9.41. The molecule has 1 nitrogen and oxygen atoms in total. The van der Waals surface area contributed by atoms with Gasteiger partial charge in [0.25, 0.3) is 0 Å². The van der Waals surface area contributed by atoms with E-state index in [2.05, 4.69) is 18.7 Å². The average molecular weight is 152 g/mol. The van der Waals surface area contributed by atoms with Crippen LogP contribution in [0.5, 0.6) is 0 Å². The first-order valence-corrected chi connectivity index (χ1v) is 4.27. The smallest absolute Gasteiger partial charge is 0.0577 e. The summed E-state index contributed by atoms with van der Waals surface area (Å²) in [5.74, 6) is 0.685. The quantitative estimate of drug-likeness (QED) is 0.613. The topological polar surface area (TPSA) is 20.2 Å². The predicted molar refractivity (Wildman–Crippen MR) is 47.3 cm³/mol. The lowest BCUT2D eigenvalue weighted by molar-refractivity contribution is 0.147. The normalized spacial score (nSPS) is 20.5. The second-order valence-corrected chi connectivity index (χ2v) is 3.22. The first-order valence-electron chi connectivity index (χ1n) is 4.27. The van der Waals surface area contributed by atoms with Crippen LogP contribution >= 0.6 is 0 Å². The molecule has 0 saturated heterocycles. The molecule has 0 saturated carbocycles. The SMILES string of the molecule is C=CCC(O)CC1CC=CC1. The van der Waals surface area contributed by atoms with Gasteiger partial charge in [0.05, 0.1) is 6.10 Å². The molecule has 0 bridgehead atoms. The number of aliphatic hydroxyl groups is 1. The number of hydrogen-bond donors (Lipinski definition) is 1. The molecule has 0 fully saturated rings. The van der Waals surface area contributed by atoms with Gasteiger partial charge in [0, 0.05) is 0 Å². The van der Waals surface area contributed by atoms with Gasteiger partial charge in [0.15, 0.2) is 0 Å². The molecule has 11 heavy (non-hydrogen) atoms. The third kappa shape index (κ3) is 2.89. The molecule has 0 aromatic heterocycles. The lowest BCUT2D eigenvalue weighted by Crippen LogP contribution is -2.10. The van der Waals surface area contributed by atoms with Gasteiger partial charge in [-0.25, -0.2) is 0 Å².